The van der Waals surface area contributed by atoms with Gasteiger partial charge in [0, 0.05) is 17.6 Å². The molecule has 0 aliphatic rings. The number of aromatic nitrogens is 1. The van der Waals surface area contributed by atoms with Gasteiger partial charge in [-0.05, 0) is 35.9 Å². The fourth-order valence-electron chi connectivity index (χ4n) is 2.69. The van der Waals surface area contributed by atoms with Crippen LogP contribution in [-0.4, -0.2) is 19.2 Å². The largest absolute Gasteiger partial charge is 0.322 e. The maximum absolute atomic E-state index is 12.1. The quantitative estimate of drug-likeness (QED) is 0.683. The van der Waals surface area contributed by atoms with Crippen molar-refractivity contribution in [1.82, 2.24) is 9.71 Å². The van der Waals surface area contributed by atoms with Crippen LogP contribution in [-0.2, 0) is 23.0 Å². The van der Waals surface area contributed by atoms with Crippen molar-refractivity contribution >= 4 is 20.9 Å². The SMILES string of the molecule is O=c1[nH]c2ccccc2cc1CNS(=O)(=O)CCCc1ccccc1. The zero-order valence-corrected chi connectivity index (χ0v) is 14.6. The topological polar surface area (TPSA) is 79.0 Å². The van der Waals surface area contributed by atoms with E-state index in [-0.39, 0.29) is 17.9 Å². The molecule has 3 rings (SSSR count). The molecule has 0 amide bonds. The second kappa shape index (κ2) is 7.63. The number of hydrogen-bond donors (Lipinski definition) is 2. The average Bonchev–Trinajstić information content (AvgIpc) is 2.61. The molecular weight excluding hydrogens is 336 g/mol. The Bertz CT molecular complexity index is 1010. The van der Waals surface area contributed by atoms with Gasteiger partial charge in [-0.25, -0.2) is 13.1 Å². The van der Waals surface area contributed by atoms with Crippen LogP contribution in [0.1, 0.15) is 17.5 Å². The van der Waals surface area contributed by atoms with Crippen molar-refractivity contribution in [3.8, 4) is 0 Å². The van der Waals surface area contributed by atoms with Crippen LogP contribution < -0.4 is 10.3 Å². The normalized spacial score (nSPS) is 11.7. The van der Waals surface area contributed by atoms with E-state index in [1.54, 1.807) is 6.07 Å². The maximum atomic E-state index is 12.1. The number of rotatable bonds is 7. The van der Waals surface area contributed by atoms with Crippen molar-refractivity contribution in [2.24, 2.45) is 0 Å². The van der Waals surface area contributed by atoms with Gasteiger partial charge in [-0.3, -0.25) is 4.79 Å². The van der Waals surface area contributed by atoms with Crippen LogP contribution in [0.25, 0.3) is 10.9 Å². The van der Waals surface area contributed by atoms with E-state index in [4.69, 9.17) is 0 Å². The molecule has 1 heterocycles. The molecule has 6 heteroatoms. The first kappa shape index (κ1) is 17.4. The molecule has 0 aliphatic carbocycles. The number of H-pyrrole nitrogens is 1. The molecule has 25 heavy (non-hydrogen) atoms. The molecule has 0 bridgehead atoms. The Kier molecular flexibility index (Phi) is 5.31. The lowest BCUT2D eigenvalue weighted by Gasteiger charge is -2.07. The highest BCUT2D eigenvalue weighted by Crippen LogP contribution is 2.10. The summed E-state index contributed by atoms with van der Waals surface area (Å²) in [6, 6.07) is 18.9. The molecule has 5 nitrogen and oxygen atoms in total. The summed E-state index contributed by atoms with van der Waals surface area (Å²) >= 11 is 0. The molecule has 0 unspecified atom stereocenters. The Morgan fingerprint density at radius 2 is 1.68 bits per heavy atom. The Balaban J connectivity index is 1.60. The summed E-state index contributed by atoms with van der Waals surface area (Å²) in [5, 5.41) is 0.875. The number of sulfonamides is 1. The van der Waals surface area contributed by atoms with Crippen molar-refractivity contribution in [2.75, 3.05) is 5.75 Å². The highest BCUT2D eigenvalue weighted by Gasteiger charge is 2.11. The van der Waals surface area contributed by atoms with E-state index >= 15 is 0 Å². The standard InChI is InChI=1S/C19H20N2O3S/c22-19-17(13-16-10-4-5-11-18(16)21-19)14-20-25(23,24)12-6-9-15-7-2-1-3-8-15/h1-5,7-8,10-11,13,20H,6,9,12,14H2,(H,21,22). The summed E-state index contributed by atoms with van der Waals surface area (Å²) in [6.07, 6.45) is 1.24. The molecule has 0 atom stereocenters. The first-order chi connectivity index (χ1) is 12.0. The lowest BCUT2D eigenvalue weighted by atomic mass is 10.1. The van der Waals surface area contributed by atoms with Crippen LogP contribution >= 0.6 is 0 Å². The third-order valence-electron chi connectivity index (χ3n) is 4.03. The van der Waals surface area contributed by atoms with Gasteiger partial charge in [0.1, 0.15) is 0 Å². The second-order valence-corrected chi connectivity index (χ2v) is 7.87. The monoisotopic (exact) mass is 356 g/mol. The highest BCUT2D eigenvalue weighted by molar-refractivity contribution is 7.89. The van der Waals surface area contributed by atoms with Gasteiger partial charge in [0.15, 0.2) is 0 Å². The number of nitrogens with one attached hydrogen (secondary N) is 2. The maximum Gasteiger partial charge on any atom is 0.252 e. The molecule has 3 aromatic rings. The summed E-state index contributed by atoms with van der Waals surface area (Å²) in [7, 11) is -3.42. The first-order valence-corrected chi connectivity index (χ1v) is 9.81. The predicted molar refractivity (Wildman–Crippen MR) is 100.0 cm³/mol. The molecule has 1 aromatic heterocycles. The number of para-hydroxylation sites is 1. The first-order valence-electron chi connectivity index (χ1n) is 8.16. The molecule has 0 radical (unpaired) electrons. The lowest BCUT2D eigenvalue weighted by Crippen LogP contribution is -2.29. The number of pyridine rings is 1. The zero-order valence-electron chi connectivity index (χ0n) is 13.7. The van der Waals surface area contributed by atoms with E-state index in [1.165, 1.54) is 0 Å². The summed E-state index contributed by atoms with van der Waals surface area (Å²) in [5.41, 5.74) is 1.99. The number of aryl methyl sites for hydroxylation is 1. The zero-order chi connectivity index (χ0) is 17.7. The molecule has 0 spiro atoms. The average molecular weight is 356 g/mol. The molecule has 2 N–H and O–H groups in total. The summed E-state index contributed by atoms with van der Waals surface area (Å²) in [6.45, 7) is -0.00611. The Morgan fingerprint density at radius 1 is 0.960 bits per heavy atom. The van der Waals surface area contributed by atoms with Crippen LogP contribution in [0.4, 0.5) is 0 Å². The third kappa shape index (κ3) is 4.78. The van der Waals surface area contributed by atoms with Gasteiger partial charge < -0.3 is 4.98 Å². The molecule has 2 aromatic carbocycles. The molecule has 0 saturated heterocycles. The molecule has 130 valence electrons. The van der Waals surface area contributed by atoms with Crippen LogP contribution in [0.2, 0.25) is 0 Å². The number of aromatic amines is 1. The van der Waals surface area contributed by atoms with Crippen molar-refractivity contribution < 1.29 is 8.42 Å². The minimum Gasteiger partial charge on any atom is -0.322 e. The third-order valence-corrected chi connectivity index (χ3v) is 5.44. The minimum absolute atomic E-state index is 0.00611. The predicted octanol–water partition coefficient (Wildman–Crippen LogP) is 2.58. The fourth-order valence-corrected chi connectivity index (χ4v) is 3.74. The van der Waals surface area contributed by atoms with Crippen molar-refractivity contribution in [3.63, 3.8) is 0 Å². The van der Waals surface area contributed by atoms with Gasteiger partial charge in [0.05, 0.1) is 5.75 Å². The summed E-state index contributed by atoms with van der Waals surface area (Å²) < 4.78 is 26.8. The van der Waals surface area contributed by atoms with E-state index < -0.39 is 10.0 Å². The van der Waals surface area contributed by atoms with Gasteiger partial charge in [-0.15, -0.1) is 0 Å². The van der Waals surface area contributed by atoms with Crippen LogP contribution in [0, 0.1) is 0 Å². The van der Waals surface area contributed by atoms with Gasteiger partial charge in [0.25, 0.3) is 5.56 Å². The Morgan fingerprint density at radius 3 is 2.48 bits per heavy atom. The lowest BCUT2D eigenvalue weighted by molar-refractivity contribution is 0.578. The van der Waals surface area contributed by atoms with E-state index in [1.807, 2.05) is 54.6 Å². The van der Waals surface area contributed by atoms with Gasteiger partial charge >= 0.3 is 0 Å². The van der Waals surface area contributed by atoms with Gasteiger partial charge in [-0.2, -0.15) is 0 Å². The van der Waals surface area contributed by atoms with E-state index in [0.29, 0.717) is 18.4 Å². The number of benzene rings is 2. The van der Waals surface area contributed by atoms with Gasteiger partial charge in [0.2, 0.25) is 10.0 Å². The minimum atomic E-state index is -3.42. The van der Waals surface area contributed by atoms with E-state index in [0.717, 1.165) is 16.5 Å². The van der Waals surface area contributed by atoms with E-state index in [2.05, 4.69) is 9.71 Å². The van der Waals surface area contributed by atoms with Crippen molar-refractivity contribution in [3.05, 3.63) is 82.1 Å². The smallest absolute Gasteiger partial charge is 0.252 e. The van der Waals surface area contributed by atoms with E-state index in [9.17, 15) is 13.2 Å². The Labute approximate surface area is 146 Å². The Hall–Kier alpha value is -2.44. The highest BCUT2D eigenvalue weighted by atomic mass is 32.2. The van der Waals surface area contributed by atoms with Crippen LogP contribution in [0.5, 0.6) is 0 Å². The number of fused-ring (bicyclic) bond motifs is 1. The fraction of sp³-hybridized carbons (Fsp3) is 0.211. The van der Waals surface area contributed by atoms with Gasteiger partial charge in [-0.1, -0.05) is 48.5 Å². The van der Waals surface area contributed by atoms with Crippen molar-refractivity contribution in [2.45, 2.75) is 19.4 Å². The summed E-state index contributed by atoms with van der Waals surface area (Å²) in [5.74, 6) is 0.0351. The molecule has 0 saturated carbocycles. The molecule has 0 aliphatic heterocycles. The van der Waals surface area contributed by atoms with Crippen LogP contribution in [0.15, 0.2) is 65.5 Å². The number of hydrogen-bond acceptors (Lipinski definition) is 3. The van der Waals surface area contributed by atoms with Crippen LogP contribution in [0.3, 0.4) is 0 Å². The summed E-state index contributed by atoms with van der Waals surface area (Å²) in [4.78, 5) is 14.8. The van der Waals surface area contributed by atoms with Crippen molar-refractivity contribution in [1.29, 1.82) is 0 Å². The second-order valence-electron chi connectivity index (χ2n) is 5.94. The molecular formula is C19H20N2O3S. The molecule has 0 fully saturated rings.